The lowest BCUT2D eigenvalue weighted by molar-refractivity contribution is -0.140. The third kappa shape index (κ3) is 4.58. The highest BCUT2D eigenvalue weighted by atomic mass is 19.4. The number of amides is 1. The van der Waals surface area contributed by atoms with Crippen LogP contribution in [0.4, 0.5) is 26.3 Å². The first-order valence-electron chi connectivity index (χ1n) is 10.5. The van der Waals surface area contributed by atoms with Gasteiger partial charge < -0.3 is 24.9 Å². The molecule has 0 aliphatic rings. The third-order valence-corrected chi connectivity index (χ3v) is 5.53. The zero-order chi connectivity index (χ0) is 27.9. The van der Waals surface area contributed by atoms with Crippen LogP contribution >= 0.6 is 0 Å². The highest BCUT2D eigenvalue weighted by molar-refractivity contribution is 6.08. The maximum absolute atomic E-state index is 14.6. The van der Waals surface area contributed by atoms with Crippen molar-refractivity contribution in [3.63, 3.8) is 0 Å². The van der Waals surface area contributed by atoms with Crippen LogP contribution in [0, 0.1) is 17.5 Å². The van der Waals surface area contributed by atoms with Crippen molar-refractivity contribution >= 4 is 16.8 Å². The molecule has 7 nitrogen and oxygen atoms in total. The number of ether oxygens (including phenoxy) is 3. The molecule has 3 N–H and O–H groups in total. The molecule has 0 spiro atoms. The molecular weight excluding hydrogens is 522 g/mol. The lowest BCUT2D eigenvalue weighted by Gasteiger charge is -2.18. The van der Waals surface area contributed by atoms with Crippen molar-refractivity contribution in [3.05, 3.63) is 81.3 Å². The van der Waals surface area contributed by atoms with Gasteiger partial charge in [-0.1, -0.05) is 0 Å². The molecule has 0 saturated heterocycles. The topological polar surface area (TPSA) is 104 Å². The number of carbonyl (C=O) groups is 1. The first-order valence-corrected chi connectivity index (χ1v) is 10.5. The Labute approximate surface area is 209 Å². The van der Waals surface area contributed by atoms with E-state index in [9.17, 15) is 35.9 Å². The third-order valence-electron chi connectivity index (χ3n) is 5.53. The van der Waals surface area contributed by atoms with Crippen LogP contribution in [0.5, 0.6) is 23.0 Å². The first kappa shape index (κ1) is 26.4. The normalized spacial score (nSPS) is 11.5. The van der Waals surface area contributed by atoms with Gasteiger partial charge in [0.25, 0.3) is 5.91 Å². The summed E-state index contributed by atoms with van der Waals surface area (Å²) in [6.07, 6.45) is -5.15. The van der Waals surface area contributed by atoms with E-state index in [0.29, 0.717) is 18.2 Å². The number of fused-ring (bicyclic) bond motifs is 1. The lowest BCUT2D eigenvalue weighted by atomic mass is 10.0. The van der Waals surface area contributed by atoms with Gasteiger partial charge in [0.1, 0.15) is 17.3 Å². The number of aromatic amines is 1. The number of alkyl halides is 3. The Kier molecular flexibility index (Phi) is 6.70. The molecular formula is C25H16F6N2O5. The van der Waals surface area contributed by atoms with Gasteiger partial charge in [0.05, 0.1) is 41.9 Å². The van der Waals surface area contributed by atoms with Crippen LogP contribution in [0.25, 0.3) is 22.2 Å². The first-order chi connectivity index (χ1) is 17.9. The molecule has 4 rings (SSSR count). The van der Waals surface area contributed by atoms with E-state index >= 15 is 0 Å². The Morgan fingerprint density at radius 3 is 2.18 bits per heavy atom. The van der Waals surface area contributed by atoms with Gasteiger partial charge in [0, 0.05) is 11.6 Å². The van der Waals surface area contributed by atoms with Gasteiger partial charge in [0.15, 0.2) is 17.0 Å². The minimum atomic E-state index is -5.15. The number of hydrogen-bond donors (Lipinski definition) is 2. The standard InChI is InChI=1S/C25H16F6N2O5/c1-36-17-6-4-14-20(21(17)24(32)35)16(34)9-15(33-14)10-7-13(27)11(25(29,30)31)8-19(10)38-18-5-3-12(26)22(28)23(18)37-2/h3-9H,1-2H3,(H2,32,35)(H,33,34). The highest BCUT2D eigenvalue weighted by Crippen LogP contribution is 2.43. The second-order valence-electron chi connectivity index (χ2n) is 7.80. The largest absolute Gasteiger partial charge is 0.496 e. The van der Waals surface area contributed by atoms with Gasteiger partial charge >= 0.3 is 6.18 Å². The number of rotatable bonds is 6. The van der Waals surface area contributed by atoms with E-state index in [-0.39, 0.29) is 27.9 Å². The highest BCUT2D eigenvalue weighted by Gasteiger charge is 2.36. The van der Waals surface area contributed by atoms with Crippen LogP contribution in [-0.4, -0.2) is 25.1 Å². The van der Waals surface area contributed by atoms with E-state index in [2.05, 4.69) is 4.98 Å². The van der Waals surface area contributed by atoms with E-state index in [4.69, 9.17) is 19.9 Å². The number of carbonyl (C=O) groups excluding carboxylic acids is 1. The fraction of sp³-hybridized carbons (Fsp3) is 0.120. The molecule has 1 amide bonds. The Bertz CT molecular complexity index is 1650. The van der Waals surface area contributed by atoms with Gasteiger partial charge in [-0.3, -0.25) is 9.59 Å². The summed E-state index contributed by atoms with van der Waals surface area (Å²) in [6, 6.07) is 5.84. The van der Waals surface area contributed by atoms with Crippen LogP contribution in [-0.2, 0) is 6.18 Å². The predicted molar refractivity (Wildman–Crippen MR) is 123 cm³/mol. The number of aromatic nitrogens is 1. The Hall–Kier alpha value is -4.68. The van der Waals surface area contributed by atoms with Crippen LogP contribution in [0.3, 0.4) is 0 Å². The smallest absolute Gasteiger partial charge is 0.419 e. The molecule has 0 saturated carbocycles. The number of H-pyrrole nitrogens is 1. The Morgan fingerprint density at radius 2 is 1.58 bits per heavy atom. The number of halogens is 6. The van der Waals surface area contributed by atoms with E-state index in [1.165, 1.54) is 19.2 Å². The molecule has 38 heavy (non-hydrogen) atoms. The molecule has 1 heterocycles. The summed E-state index contributed by atoms with van der Waals surface area (Å²) in [5.74, 6) is -7.46. The average molecular weight is 538 g/mol. The SMILES string of the molecule is COc1ccc2[nH]c(-c3cc(F)c(C(F)(F)F)cc3Oc3ccc(F)c(F)c3OC)cc(=O)c2c1C(N)=O. The number of hydrogen-bond acceptors (Lipinski definition) is 5. The fourth-order valence-electron chi connectivity index (χ4n) is 3.86. The molecule has 0 fully saturated rings. The summed E-state index contributed by atoms with van der Waals surface area (Å²) in [4.78, 5) is 27.7. The molecule has 0 atom stereocenters. The number of primary amides is 1. The van der Waals surface area contributed by atoms with Gasteiger partial charge in [0.2, 0.25) is 11.6 Å². The summed E-state index contributed by atoms with van der Waals surface area (Å²) in [7, 11) is 2.22. The molecule has 0 unspecified atom stereocenters. The molecule has 0 bridgehead atoms. The van der Waals surface area contributed by atoms with Crippen molar-refractivity contribution in [2.24, 2.45) is 5.73 Å². The second-order valence-corrected chi connectivity index (χ2v) is 7.80. The zero-order valence-electron chi connectivity index (χ0n) is 19.4. The maximum atomic E-state index is 14.6. The van der Waals surface area contributed by atoms with Crippen molar-refractivity contribution in [1.29, 1.82) is 0 Å². The lowest BCUT2D eigenvalue weighted by Crippen LogP contribution is -2.17. The van der Waals surface area contributed by atoms with E-state index in [1.807, 2.05) is 0 Å². The quantitative estimate of drug-likeness (QED) is 0.314. The Balaban J connectivity index is 2.00. The Morgan fingerprint density at radius 1 is 0.895 bits per heavy atom. The number of nitrogens with one attached hydrogen (secondary N) is 1. The van der Waals surface area contributed by atoms with Crippen molar-refractivity contribution < 1.29 is 45.3 Å². The minimum absolute atomic E-state index is 0.00159. The second kappa shape index (κ2) is 9.65. The van der Waals surface area contributed by atoms with E-state index in [1.54, 1.807) is 0 Å². The number of nitrogens with two attached hydrogens (primary N) is 1. The van der Waals surface area contributed by atoms with Crippen molar-refractivity contribution in [2.75, 3.05) is 14.2 Å². The fourth-order valence-corrected chi connectivity index (χ4v) is 3.86. The minimum Gasteiger partial charge on any atom is -0.496 e. The molecule has 3 aromatic carbocycles. The molecule has 0 aliphatic heterocycles. The van der Waals surface area contributed by atoms with E-state index < -0.39 is 63.3 Å². The number of methoxy groups -OCH3 is 2. The van der Waals surface area contributed by atoms with Crippen LogP contribution in [0.15, 0.2) is 47.3 Å². The summed E-state index contributed by atoms with van der Waals surface area (Å²) in [5.41, 5.74) is 2.01. The molecule has 4 aromatic rings. The maximum Gasteiger partial charge on any atom is 0.419 e. The van der Waals surface area contributed by atoms with Crippen LogP contribution in [0.1, 0.15) is 15.9 Å². The number of benzene rings is 3. The molecule has 198 valence electrons. The predicted octanol–water partition coefficient (Wildman–Crippen LogP) is 5.54. The van der Waals surface area contributed by atoms with Gasteiger partial charge in [-0.15, -0.1) is 0 Å². The number of pyridine rings is 1. The summed E-state index contributed by atoms with van der Waals surface area (Å²) in [5, 5.41) is -0.183. The van der Waals surface area contributed by atoms with Crippen LogP contribution < -0.4 is 25.4 Å². The molecule has 1 aromatic heterocycles. The summed E-state index contributed by atoms with van der Waals surface area (Å²) < 4.78 is 98.2. The van der Waals surface area contributed by atoms with E-state index in [0.717, 1.165) is 19.2 Å². The molecule has 0 radical (unpaired) electrons. The summed E-state index contributed by atoms with van der Waals surface area (Å²) >= 11 is 0. The molecule has 13 heteroatoms. The summed E-state index contributed by atoms with van der Waals surface area (Å²) in [6.45, 7) is 0. The van der Waals surface area contributed by atoms with Crippen molar-refractivity contribution in [3.8, 4) is 34.3 Å². The average Bonchev–Trinajstić information content (AvgIpc) is 2.85. The van der Waals surface area contributed by atoms with Crippen LogP contribution in [0.2, 0.25) is 0 Å². The van der Waals surface area contributed by atoms with Gasteiger partial charge in [-0.2, -0.15) is 17.6 Å². The van der Waals surface area contributed by atoms with Gasteiger partial charge in [-0.25, -0.2) is 8.78 Å². The molecule has 0 aliphatic carbocycles. The van der Waals surface area contributed by atoms with Crippen molar-refractivity contribution in [2.45, 2.75) is 6.18 Å². The monoisotopic (exact) mass is 538 g/mol. The zero-order valence-corrected chi connectivity index (χ0v) is 19.4. The van der Waals surface area contributed by atoms with Crippen molar-refractivity contribution in [1.82, 2.24) is 4.98 Å². The van der Waals surface area contributed by atoms with Gasteiger partial charge in [-0.05, 0) is 36.4 Å².